The van der Waals surface area contributed by atoms with Crippen LogP contribution in [0.1, 0.15) is 0 Å². The lowest BCUT2D eigenvalue weighted by Gasteiger charge is -2.11. The first-order chi connectivity index (χ1) is 30.7. The van der Waals surface area contributed by atoms with Crippen molar-refractivity contribution in [2.24, 2.45) is 0 Å². The summed E-state index contributed by atoms with van der Waals surface area (Å²) in [5, 5.41) is 9.99. The van der Waals surface area contributed by atoms with Crippen LogP contribution in [0.15, 0.2) is 223 Å². The zero-order chi connectivity index (χ0) is 41.0. The van der Waals surface area contributed by atoms with Crippen LogP contribution in [0.3, 0.4) is 0 Å². The Labute approximate surface area is 357 Å². The van der Waals surface area contributed by atoms with Gasteiger partial charge in [0.05, 0.1) is 22.6 Å². The molecule has 0 bridgehead atoms. The summed E-state index contributed by atoms with van der Waals surface area (Å²) in [5.41, 5.74) is 15.9. The maximum absolute atomic E-state index is 6.37. The van der Waals surface area contributed by atoms with Crippen molar-refractivity contribution in [3.05, 3.63) is 218 Å². The summed E-state index contributed by atoms with van der Waals surface area (Å²) < 4.78 is 8.51. The number of para-hydroxylation sites is 2. The average molecular weight is 793 g/mol. The van der Waals surface area contributed by atoms with Crippen LogP contribution in [0.25, 0.3) is 117 Å². The second-order valence-corrected chi connectivity index (χ2v) is 15.6. The first-order valence-corrected chi connectivity index (χ1v) is 20.9. The van der Waals surface area contributed by atoms with Crippen molar-refractivity contribution < 1.29 is 4.42 Å². The highest BCUT2D eigenvalue weighted by atomic mass is 16.3. The van der Waals surface area contributed by atoms with Crippen molar-refractivity contribution >= 4 is 38.2 Å². The van der Waals surface area contributed by atoms with E-state index >= 15 is 0 Å². The van der Waals surface area contributed by atoms with Gasteiger partial charge in [-0.2, -0.15) is 5.10 Å². The van der Waals surface area contributed by atoms with E-state index in [2.05, 4.69) is 193 Å². The fourth-order valence-electron chi connectivity index (χ4n) is 8.84. The van der Waals surface area contributed by atoms with Crippen molar-refractivity contribution in [2.75, 3.05) is 0 Å². The van der Waals surface area contributed by atoms with Gasteiger partial charge in [0.25, 0.3) is 0 Å². The van der Waals surface area contributed by atoms with Gasteiger partial charge in [-0.25, -0.2) is 14.5 Å². The molecule has 0 amide bonds. The summed E-state index contributed by atoms with van der Waals surface area (Å²) in [4.78, 5) is 10.3. The third kappa shape index (κ3) is 6.06. The molecule has 4 aromatic heterocycles. The topological polar surface area (TPSA) is 56.2 Å². The summed E-state index contributed by atoms with van der Waals surface area (Å²) >= 11 is 0. The lowest BCUT2D eigenvalue weighted by atomic mass is 9.96. The highest BCUT2D eigenvalue weighted by molar-refractivity contribution is 6.10. The van der Waals surface area contributed by atoms with Crippen LogP contribution >= 0.6 is 0 Å². The molecule has 12 rings (SSSR count). The maximum atomic E-state index is 6.37. The van der Waals surface area contributed by atoms with E-state index in [-0.39, 0.29) is 0 Å². The molecule has 290 valence electrons. The predicted molar refractivity (Wildman–Crippen MR) is 254 cm³/mol. The molecular formula is C57H36N4O. The normalized spacial score (nSPS) is 11.5. The van der Waals surface area contributed by atoms with Crippen molar-refractivity contribution in [3.8, 4) is 78.7 Å². The zero-order valence-electron chi connectivity index (χ0n) is 33.5. The predicted octanol–water partition coefficient (Wildman–Crippen LogP) is 14.8. The number of benzene rings is 8. The van der Waals surface area contributed by atoms with E-state index in [1.165, 1.54) is 5.39 Å². The second kappa shape index (κ2) is 14.7. The molecule has 5 nitrogen and oxygen atoms in total. The van der Waals surface area contributed by atoms with Gasteiger partial charge in [-0.1, -0.05) is 200 Å². The fourth-order valence-corrected chi connectivity index (χ4v) is 8.84. The molecule has 0 atom stereocenters. The van der Waals surface area contributed by atoms with Crippen LogP contribution in [0.2, 0.25) is 0 Å². The molecular weight excluding hydrogens is 757 g/mol. The van der Waals surface area contributed by atoms with E-state index < -0.39 is 0 Å². The molecule has 0 radical (unpaired) electrons. The summed E-state index contributed by atoms with van der Waals surface area (Å²) in [7, 11) is 0. The fraction of sp³-hybridized carbons (Fsp3) is 0. The summed E-state index contributed by atoms with van der Waals surface area (Å²) in [6.07, 6.45) is 0. The van der Waals surface area contributed by atoms with Gasteiger partial charge in [0.2, 0.25) is 0 Å². The third-order valence-corrected chi connectivity index (χ3v) is 11.9. The molecule has 62 heavy (non-hydrogen) atoms. The van der Waals surface area contributed by atoms with Crippen LogP contribution in [0.5, 0.6) is 0 Å². The Morgan fingerprint density at radius 1 is 0.387 bits per heavy atom. The highest BCUT2D eigenvalue weighted by Crippen LogP contribution is 2.42. The molecule has 0 aliphatic rings. The summed E-state index contributed by atoms with van der Waals surface area (Å²) in [5.74, 6) is 0.658. The smallest absolute Gasteiger partial charge is 0.160 e. The second-order valence-electron chi connectivity index (χ2n) is 15.6. The molecule has 5 heteroatoms. The summed E-state index contributed by atoms with van der Waals surface area (Å²) in [6.45, 7) is 0. The first kappa shape index (κ1) is 35.5. The minimum absolute atomic E-state index is 0.658. The summed E-state index contributed by atoms with van der Waals surface area (Å²) in [6, 6.07) is 76.1. The van der Waals surface area contributed by atoms with E-state index in [4.69, 9.17) is 19.5 Å². The zero-order valence-corrected chi connectivity index (χ0v) is 33.5. The Balaban J connectivity index is 0.973. The lowest BCUT2D eigenvalue weighted by Crippen LogP contribution is -1.96. The van der Waals surface area contributed by atoms with E-state index in [1.54, 1.807) is 0 Å². The number of pyridine rings is 1. The number of rotatable bonds is 7. The molecule has 0 aliphatic heterocycles. The molecule has 0 saturated heterocycles. The Morgan fingerprint density at radius 2 is 0.935 bits per heavy atom. The van der Waals surface area contributed by atoms with Crippen LogP contribution < -0.4 is 0 Å². The molecule has 0 saturated carbocycles. The van der Waals surface area contributed by atoms with Crippen LogP contribution in [-0.2, 0) is 0 Å². The number of fused-ring (bicyclic) bond motifs is 6. The van der Waals surface area contributed by atoms with Crippen molar-refractivity contribution in [2.45, 2.75) is 0 Å². The van der Waals surface area contributed by atoms with E-state index in [1.807, 2.05) is 30.3 Å². The van der Waals surface area contributed by atoms with Crippen LogP contribution in [0, 0.1) is 0 Å². The highest BCUT2D eigenvalue weighted by Gasteiger charge is 2.22. The SMILES string of the molecule is c1ccc(-c2cc(-c3ccc(-c4nn5c(-c6ccccc6)cc6ccccc6c5c4-c4ccccc4)cc3)nc(-c3ccc(-c4cccc5c4oc4ccccc45)cc3)n2)cc1. The quantitative estimate of drug-likeness (QED) is 0.161. The van der Waals surface area contributed by atoms with Gasteiger partial charge in [-0.3, -0.25) is 0 Å². The van der Waals surface area contributed by atoms with Crippen molar-refractivity contribution in [1.82, 2.24) is 19.6 Å². The van der Waals surface area contributed by atoms with Gasteiger partial charge in [-0.15, -0.1) is 0 Å². The standard InChI is InChI=1S/C57H36N4O/c1-4-15-38(16-5-1)49-36-50(59-57(58-49)43-33-27-37(28-34-43)46-24-14-25-48-47-23-12-13-26-52(47)62-56(46)48)39-29-31-42(32-30-39)54-53(41-19-8-3-9-20-41)55-45-22-11-10-21-44(45)35-51(61(55)60-54)40-17-6-2-7-18-40/h1-36H. The van der Waals surface area contributed by atoms with Gasteiger partial charge in [0, 0.05) is 55.1 Å². The first-order valence-electron chi connectivity index (χ1n) is 20.9. The molecule has 4 heterocycles. The van der Waals surface area contributed by atoms with Gasteiger partial charge in [-0.05, 0) is 34.7 Å². The minimum Gasteiger partial charge on any atom is -0.455 e. The van der Waals surface area contributed by atoms with Gasteiger partial charge in [0.1, 0.15) is 16.9 Å². The van der Waals surface area contributed by atoms with Crippen molar-refractivity contribution in [1.29, 1.82) is 0 Å². The van der Waals surface area contributed by atoms with E-state index in [9.17, 15) is 0 Å². The van der Waals surface area contributed by atoms with Gasteiger partial charge >= 0.3 is 0 Å². The molecule has 0 spiro atoms. The Hall–Kier alpha value is -8.41. The average Bonchev–Trinajstić information content (AvgIpc) is 3.95. The maximum Gasteiger partial charge on any atom is 0.160 e. The Morgan fingerprint density at radius 3 is 1.66 bits per heavy atom. The largest absolute Gasteiger partial charge is 0.455 e. The number of nitrogens with zero attached hydrogens (tertiary/aromatic N) is 4. The van der Waals surface area contributed by atoms with Crippen molar-refractivity contribution in [3.63, 3.8) is 0 Å². The molecule has 0 fully saturated rings. The van der Waals surface area contributed by atoms with E-state index in [0.29, 0.717) is 5.82 Å². The Bertz CT molecular complexity index is 3590. The Kier molecular flexibility index (Phi) is 8.42. The van der Waals surface area contributed by atoms with Crippen LogP contribution in [0.4, 0.5) is 0 Å². The number of hydrogen-bond acceptors (Lipinski definition) is 4. The number of hydrogen-bond donors (Lipinski definition) is 0. The number of furan rings is 1. The monoisotopic (exact) mass is 792 g/mol. The van der Waals surface area contributed by atoms with Gasteiger partial charge < -0.3 is 4.42 Å². The van der Waals surface area contributed by atoms with Gasteiger partial charge in [0.15, 0.2) is 5.82 Å². The minimum atomic E-state index is 0.658. The molecule has 12 aromatic rings. The van der Waals surface area contributed by atoms with E-state index in [0.717, 1.165) is 106 Å². The molecule has 8 aromatic carbocycles. The molecule has 0 unspecified atom stereocenters. The molecule has 0 aliphatic carbocycles. The lowest BCUT2D eigenvalue weighted by molar-refractivity contribution is 0.670. The molecule has 0 N–H and O–H groups in total. The van der Waals surface area contributed by atoms with Crippen LogP contribution in [-0.4, -0.2) is 19.6 Å². The third-order valence-electron chi connectivity index (χ3n) is 11.9. The number of aromatic nitrogens is 4.